The molecule has 0 fully saturated rings. The standard InChI is InChI=1S/C22H26BrN5O3S/c1-3-28(4-2)9-6-10-31-11-12-32(29,30)21-14-19-20(15-24-21)25-16-26-22(19)27-18-8-5-7-17(23)13-18/h5,7-8,11-16H,3-4,6,9-10H2,1-2H3,(H,25,26,27). The Bertz CT molecular complexity index is 1180. The summed E-state index contributed by atoms with van der Waals surface area (Å²) in [7, 11) is -3.78. The molecule has 8 nitrogen and oxygen atoms in total. The van der Waals surface area contributed by atoms with Gasteiger partial charge in [-0.05, 0) is 43.8 Å². The SMILES string of the molecule is CCN(CC)CCCOC=CS(=O)(=O)c1cc2c(Nc3cccc(Br)c3)ncnc2cn1. The molecule has 0 saturated carbocycles. The van der Waals surface area contributed by atoms with Gasteiger partial charge in [0, 0.05) is 22.1 Å². The van der Waals surface area contributed by atoms with Crippen LogP contribution < -0.4 is 5.32 Å². The van der Waals surface area contributed by atoms with Crippen molar-refractivity contribution >= 4 is 48.2 Å². The average Bonchev–Trinajstić information content (AvgIpc) is 2.78. The molecule has 0 radical (unpaired) electrons. The number of ether oxygens (including phenoxy) is 1. The number of hydrogen-bond donors (Lipinski definition) is 1. The normalized spacial score (nSPS) is 12.0. The summed E-state index contributed by atoms with van der Waals surface area (Å²) in [5.74, 6) is 0.489. The maximum atomic E-state index is 12.7. The predicted molar refractivity (Wildman–Crippen MR) is 129 cm³/mol. The Morgan fingerprint density at radius 3 is 2.72 bits per heavy atom. The Labute approximate surface area is 196 Å². The van der Waals surface area contributed by atoms with Crippen LogP contribution in [0.1, 0.15) is 20.3 Å². The van der Waals surface area contributed by atoms with E-state index in [4.69, 9.17) is 4.74 Å². The molecular weight excluding hydrogens is 494 g/mol. The van der Waals surface area contributed by atoms with E-state index >= 15 is 0 Å². The first-order valence-electron chi connectivity index (χ1n) is 10.3. The lowest BCUT2D eigenvalue weighted by molar-refractivity contribution is 0.212. The molecule has 10 heteroatoms. The van der Waals surface area contributed by atoms with Gasteiger partial charge in [0.2, 0.25) is 9.84 Å². The molecule has 0 atom stereocenters. The van der Waals surface area contributed by atoms with Gasteiger partial charge in [0.15, 0.2) is 5.03 Å². The molecule has 1 N–H and O–H groups in total. The van der Waals surface area contributed by atoms with Gasteiger partial charge in [0.05, 0.1) is 30.0 Å². The van der Waals surface area contributed by atoms with Gasteiger partial charge in [-0.1, -0.05) is 35.8 Å². The molecule has 0 unspecified atom stereocenters. The molecule has 170 valence electrons. The molecule has 3 rings (SSSR count). The highest BCUT2D eigenvalue weighted by Crippen LogP contribution is 2.26. The third-order valence-corrected chi connectivity index (χ3v) is 6.61. The van der Waals surface area contributed by atoms with Crippen molar-refractivity contribution in [3.05, 3.63) is 59.0 Å². The Morgan fingerprint density at radius 1 is 1.16 bits per heavy atom. The maximum absolute atomic E-state index is 12.7. The number of fused-ring (bicyclic) bond motifs is 1. The summed E-state index contributed by atoms with van der Waals surface area (Å²) >= 11 is 3.43. The topological polar surface area (TPSA) is 97.3 Å². The van der Waals surface area contributed by atoms with Crippen molar-refractivity contribution in [2.45, 2.75) is 25.3 Å². The van der Waals surface area contributed by atoms with Gasteiger partial charge >= 0.3 is 0 Å². The zero-order valence-electron chi connectivity index (χ0n) is 18.0. The Kier molecular flexibility index (Phi) is 8.54. The van der Waals surface area contributed by atoms with Crippen LogP contribution in [0, 0.1) is 0 Å². The summed E-state index contributed by atoms with van der Waals surface area (Å²) in [6, 6.07) is 9.05. The molecule has 0 saturated heterocycles. The molecule has 32 heavy (non-hydrogen) atoms. The smallest absolute Gasteiger partial charge is 0.220 e. The van der Waals surface area contributed by atoms with Gasteiger partial charge in [-0.15, -0.1) is 0 Å². The summed E-state index contributed by atoms with van der Waals surface area (Å²) in [6.07, 6.45) is 4.87. The molecule has 2 heterocycles. The van der Waals surface area contributed by atoms with Crippen LogP contribution in [0.4, 0.5) is 11.5 Å². The molecule has 2 aromatic heterocycles. The van der Waals surface area contributed by atoms with E-state index in [9.17, 15) is 8.42 Å². The fourth-order valence-electron chi connectivity index (χ4n) is 3.06. The number of benzene rings is 1. The average molecular weight is 520 g/mol. The number of sulfone groups is 1. The van der Waals surface area contributed by atoms with E-state index in [0.717, 1.165) is 41.6 Å². The van der Waals surface area contributed by atoms with Crippen molar-refractivity contribution in [1.29, 1.82) is 0 Å². The van der Waals surface area contributed by atoms with Gasteiger partial charge in [0.25, 0.3) is 0 Å². The minimum Gasteiger partial charge on any atom is -0.500 e. The van der Waals surface area contributed by atoms with Crippen LogP contribution in [-0.4, -0.2) is 54.5 Å². The van der Waals surface area contributed by atoms with Gasteiger partial charge in [0.1, 0.15) is 12.1 Å². The zero-order chi connectivity index (χ0) is 23.0. The van der Waals surface area contributed by atoms with E-state index in [1.54, 1.807) is 0 Å². The molecule has 0 aliphatic rings. The van der Waals surface area contributed by atoms with E-state index < -0.39 is 9.84 Å². The van der Waals surface area contributed by atoms with Crippen molar-refractivity contribution < 1.29 is 13.2 Å². The monoisotopic (exact) mass is 519 g/mol. The molecular formula is C22H26BrN5O3S. The third-order valence-electron chi connectivity index (χ3n) is 4.84. The lowest BCUT2D eigenvalue weighted by atomic mass is 10.2. The fourth-order valence-corrected chi connectivity index (χ4v) is 4.30. The Balaban J connectivity index is 1.73. The fraction of sp³-hybridized carbons (Fsp3) is 0.318. The van der Waals surface area contributed by atoms with Gasteiger partial charge in [-0.3, -0.25) is 0 Å². The Morgan fingerprint density at radius 2 is 1.97 bits per heavy atom. The van der Waals surface area contributed by atoms with Crippen LogP contribution in [0.5, 0.6) is 0 Å². The quantitative estimate of drug-likeness (QED) is 0.291. The minimum atomic E-state index is -3.78. The first-order valence-corrected chi connectivity index (χ1v) is 12.7. The number of halogens is 1. The van der Waals surface area contributed by atoms with Gasteiger partial charge in [-0.25, -0.2) is 23.4 Å². The Hall–Kier alpha value is -2.56. The largest absolute Gasteiger partial charge is 0.500 e. The number of nitrogens with zero attached hydrogens (tertiary/aromatic N) is 4. The summed E-state index contributed by atoms with van der Waals surface area (Å²) in [5, 5.41) is 4.69. The van der Waals surface area contributed by atoms with E-state index in [1.165, 1.54) is 24.9 Å². The van der Waals surface area contributed by atoms with Crippen molar-refractivity contribution in [2.24, 2.45) is 0 Å². The molecule has 1 aromatic carbocycles. The highest BCUT2D eigenvalue weighted by Gasteiger charge is 2.15. The van der Waals surface area contributed by atoms with Crippen LogP contribution in [0.15, 0.2) is 64.0 Å². The van der Waals surface area contributed by atoms with Crippen molar-refractivity contribution in [2.75, 3.05) is 31.6 Å². The first kappa shape index (κ1) is 24.1. The van der Waals surface area contributed by atoms with Crippen LogP contribution in [-0.2, 0) is 14.6 Å². The second-order valence-electron chi connectivity index (χ2n) is 6.97. The van der Waals surface area contributed by atoms with Gasteiger partial charge in [-0.2, -0.15) is 0 Å². The lowest BCUT2D eigenvalue weighted by Gasteiger charge is -2.17. The lowest BCUT2D eigenvalue weighted by Crippen LogP contribution is -2.24. The molecule has 0 aliphatic carbocycles. The number of aromatic nitrogens is 3. The third kappa shape index (κ3) is 6.47. The second-order valence-corrected chi connectivity index (χ2v) is 9.66. The van der Waals surface area contributed by atoms with Crippen LogP contribution >= 0.6 is 15.9 Å². The van der Waals surface area contributed by atoms with Crippen LogP contribution in [0.2, 0.25) is 0 Å². The highest BCUT2D eigenvalue weighted by atomic mass is 79.9. The summed E-state index contributed by atoms with van der Waals surface area (Å²) in [4.78, 5) is 14.8. The molecule has 3 aromatic rings. The highest BCUT2D eigenvalue weighted by molar-refractivity contribution is 9.10. The minimum absolute atomic E-state index is 0.0971. The van der Waals surface area contributed by atoms with E-state index in [0.29, 0.717) is 23.3 Å². The zero-order valence-corrected chi connectivity index (χ0v) is 20.4. The van der Waals surface area contributed by atoms with Crippen molar-refractivity contribution in [3.63, 3.8) is 0 Å². The van der Waals surface area contributed by atoms with Crippen LogP contribution in [0.3, 0.4) is 0 Å². The summed E-state index contributed by atoms with van der Waals surface area (Å²) in [5.41, 5.74) is 1.34. The van der Waals surface area contributed by atoms with Gasteiger partial charge < -0.3 is 15.0 Å². The molecule has 0 aliphatic heterocycles. The molecule has 0 amide bonds. The summed E-state index contributed by atoms with van der Waals surface area (Å²) in [6.45, 7) is 7.54. The number of rotatable bonds is 11. The number of anilines is 2. The van der Waals surface area contributed by atoms with E-state index in [2.05, 4.69) is 54.9 Å². The predicted octanol–water partition coefficient (Wildman–Crippen LogP) is 4.52. The maximum Gasteiger partial charge on any atom is 0.220 e. The summed E-state index contributed by atoms with van der Waals surface area (Å²) < 4.78 is 31.7. The van der Waals surface area contributed by atoms with Crippen LogP contribution in [0.25, 0.3) is 10.9 Å². The first-order chi connectivity index (χ1) is 15.4. The van der Waals surface area contributed by atoms with Crippen molar-refractivity contribution in [1.82, 2.24) is 19.9 Å². The second kappa shape index (κ2) is 11.3. The number of pyridine rings is 1. The number of hydrogen-bond acceptors (Lipinski definition) is 8. The molecule has 0 bridgehead atoms. The van der Waals surface area contributed by atoms with Crippen molar-refractivity contribution in [3.8, 4) is 0 Å². The van der Waals surface area contributed by atoms with E-state index in [1.807, 2.05) is 24.3 Å². The van der Waals surface area contributed by atoms with E-state index in [-0.39, 0.29) is 5.03 Å². The number of nitrogens with one attached hydrogen (secondary N) is 1. The molecule has 0 spiro atoms.